The summed E-state index contributed by atoms with van der Waals surface area (Å²) in [5.74, 6) is 0.603. The fourth-order valence-corrected chi connectivity index (χ4v) is 6.70. The minimum atomic E-state index is -5.77. The molecule has 0 spiro atoms. The van der Waals surface area contributed by atoms with Crippen molar-refractivity contribution in [3.05, 3.63) is 12.5 Å². The Morgan fingerprint density at radius 3 is 2.49 bits per heavy atom. The number of hydrogen-bond acceptors (Lipinski definition) is 13. The van der Waals surface area contributed by atoms with Crippen LogP contribution in [-0.2, 0) is 31.6 Å². The van der Waals surface area contributed by atoms with Gasteiger partial charge in [0, 0.05) is 0 Å². The number of aliphatic hydroxyl groups excluding tert-OH is 1. The summed E-state index contributed by atoms with van der Waals surface area (Å²) in [4.78, 5) is 48.2. The summed E-state index contributed by atoms with van der Waals surface area (Å²) in [5, 5.41) is 21.1. The van der Waals surface area contributed by atoms with E-state index in [1.54, 1.807) is 0 Å². The zero-order valence-corrected chi connectivity index (χ0v) is 20.2. The number of fused-ring (bicyclic) bond motifs is 1. The largest absolute Gasteiger partial charge is 0.490 e. The number of rotatable bonds is 9. The monoisotopic (exact) mass is 559 g/mol. The summed E-state index contributed by atoms with van der Waals surface area (Å²) in [5.41, 5.74) is 3.67. The molecule has 7 atom stereocenters. The highest BCUT2D eigenvalue weighted by Crippen LogP contribution is 2.67. The number of ether oxygens (including phenoxy) is 1. The Kier molecular flexibility index (Phi) is 7.60. The van der Waals surface area contributed by atoms with E-state index in [0.29, 0.717) is 0 Å². The number of phosphoric acid groups is 3. The number of aliphatic hydroxyl groups is 2. The van der Waals surface area contributed by atoms with Crippen molar-refractivity contribution < 1.29 is 61.4 Å². The predicted molar refractivity (Wildman–Crippen MR) is 112 cm³/mol. The Hall–Kier alpha value is -1.80. The summed E-state index contributed by atoms with van der Waals surface area (Å²) in [7, 11) is -16.9. The van der Waals surface area contributed by atoms with Gasteiger partial charge in [-0.15, -0.1) is 6.42 Å². The fourth-order valence-electron chi connectivity index (χ4n) is 3.50. The molecule has 2 aromatic heterocycles. The van der Waals surface area contributed by atoms with E-state index in [1.807, 2.05) is 0 Å². The van der Waals surface area contributed by atoms with Crippen LogP contribution in [0.2, 0.25) is 0 Å². The van der Waals surface area contributed by atoms with Gasteiger partial charge in [-0.25, -0.2) is 23.7 Å². The summed E-state index contributed by atoms with van der Waals surface area (Å²) >= 11 is 0. The van der Waals surface area contributed by atoms with Crippen molar-refractivity contribution in [2.75, 3.05) is 12.3 Å². The molecule has 1 aliphatic heterocycles. The fraction of sp³-hybridized carbons (Fsp3) is 0.500. The van der Waals surface area contributed by atoms with E-state index in [2.05, 4.69) is 29.5 Å². The van der Waals surface area contributed by atoms with E-state index in [-0.39, 0.29) is 17.1 Å². The van der Waals surface area contributed by atoms with Crippen LogP contribution in [0, 0.1) is 18.3 Å². The molecule has 194 valence electrons. The molecule has 0 saturated carbocycles. The van der Waals surface area contributed by atoms with Crippen LogP contribution in [0.5, 0.6) is 0 Å². The summed E-state index contributed by atoms with van der Waals surface area (Å²) in [6.07, 6.45) is 3.48. The molecule has 18 nitrogen and oxygen atoms in total. The molecule has 21 heteroatoms. The van der Waals surface area contributed by atoms with Crippen molar-refractivity contribution in [3.8, 4) is 12.3 Å². The van der Waals surface area contributed by atoms with Crippen LogP contribution in [0.4, 0.5) is 5.95 Å². The average molecular weight is 559 g/mol. The number of phosphoric ester groups is 1. The molecule has 3 heterocycles. The van der Waals surface area contributed by atoms with E-state index in [4.69, 9.17) is 31.2 Å². The number of nitrogen functional groups attached to an aromatic ring is 1. The molecule has 0 aliphatic carbocycles. The quantitative estimate of drug-likeness (QED) is 0.143. The number of imidazole rings is 1. The van der Waals surface area contributed by atoms with Gasteiger partial charge in [-0.1, -0.05) is 5.92 Å². The highest BCUT2D eigenvalue weighted by molar-refractivity contribution is 7.66. The Morgan fingerprint density at radius 2 is 1.91 bits per heavy atom. The third-order valence-corrected chi connectivity index (χ3v) is 8.74. The van der Waals surface area contributed by atoms with Crippen LogP contribution < -0.4 is 5.73 Å². The number of terminal acetylenes is 1. The summed E-state index contributed by atoms with van der Waals surface area (Å²) in [6.45, 7) is 0.285. The molecule has 4 unspecified atom stereocenters. The highest BCUT2D eigenvalue weighted by atomic mass is 31.3. The van der Waals surface area contributed by atoms with Crippen LogP contribution in [0.1, 0.15) is 13.2 Å². The van der Waals surface area contributed by atoms with Crippen molar-refractivity contribution in [1.29, 1.82) is 0 Å². The molecular formula is C14H20N5O13P3. The van der Waals surface area contributed by atoms with Crippen molar-refractivity contribution in [3.63, 3.8) is 0 Å². The molecule has 1 fully saturated rings. The molecule has 35 heavy (non-hydrogen) atoms. The first-order valence-electron chi connectivity index (χ1n) is 9.25. The second-order valence-corrected chi connectivity index (χ2v) is 11.6. The lowest BCUT2D eigenvalue weighted by Gasteiger charge is -2.29. The summed E-state index contributed by atoms with van der Waals surface area (Å²) < 4.78 is 53.6. The Balaban J connectivity index is 1.90. The van der Waals surface area contributed by atoms with Gasteiger partial charge >= 0.3 is 23.5 Å². The van der Waals surface area contributed by atoms with Crippen molar-refractivity contribution >= 4 is 40.6 Å². The maximum Gasteiger partial charge on any atom is 0.490 e. The van der Waals surface area contributed by atoms with Gasteiger partial charge in [-0.2, -0.15) is 13.6 Å². The van der Waals surface area contributed by atoms with Gasteiger partial charge in [0.25, 0.3) is 0 Å². The van der Waals surface area contributed by atoms with Gasteiger partial charge in [-0.3, -0.25) is 9.09 Å². The topological polar surface area (TPSA) is 279 Å². The maximum absolute atomic E-state index is 12.2. The molecule has 0 bridgehead atoms. The average Bonchev–Trinajstić information content (AvgIpc) is 3.22. The summed E-state index contributed by atoms with van der Waals surface area (Å²) in [6, 6.07) is 0. The molecule has 0 amide bonds. The molecule has 1 saturated heterocycles. The van der Waals surface area contributed by atoms with Gasteiger partial charge in [0.15, 0.2) is 17.5 Å². The van der Waals surface area contributed by atoms with E-state index >= 15 is 0 Å². The zero-order chi connectivity index (χ0) is 26.4. The number of anilines is 1. The van der Waals surface area contributed by atoms with Gasteiger partial charge in [0.2, 0.25) is 5.95 Å². The molecule has 8 N–H and O–H groups in total. The molecule has 0 radical (unpaired) electrons. The van der Waals surface area contributed by atoms with Crippen LogP contribution in [-0.4, -0.2) is 73.7 Å². The molecule has 2 aromatic rings. The first-order valence-corrected chi connectivity index (χ1v) is 13.8. The van der Waals surface area contributed by atoms with Crippen molar-refractivity contribution in [2.45, 2.75) is 31.0 Å². The van der Waals surface area contributed by atoms with E-state index in [1.165, 1.54) is 17.1 Å². The van der Waals surface area contributed by atoms with Gasteiger partial charge < -0.3 is 40.3 Å². The lowest BCUT2D eigenvalue weighted by Crippen LogP contribution is -2.45. The van der Waals surface area contributed by atoms with Gasteiger partial charge in [0.1, 0.15) is 5.52 Å². The van der Waals surface area contributed by atoms with Gasteiger partial charge in [0.05, 0.1) is 37.3 Å². The minimum absolute atomic E-state index is 0.0917. The van der Waals surface area contributed by atoms with Crippen LogP contribution in [0.25, 0.3) is 11.2 Å². The number of nitrogens with two attached hydrogens (primary N) is 1. The standard InChI is InChI=1S/C14H20N5O13P3/c1-3-14(21)8(5-20)10(7(2)30-34(25,26)32-35(27,28)31-33(22,23)24)29-12(14)19-6-17-9-4-16-13(15)18-11(9)19/h1,4,6-8,10,12,20-21H,5H2,2H3,(H,25,26)(H,27,28)(H2,15,16,18)(H2,22,23,24)/t7-,8?,10+,12+,14?/m0/s1. The normalized spacial score (nSPS) is 29.4. The second-order valence-electron chi connectivity index (χ2n) is 7.20. The maximum atomic E-state index is 12.2. The van der Waals surface area contributed by atoms with Crippen LogP contribution in [0.3, 0.4) is 0 Å². The lowest BCUT2D eigenvalue weighted by atomic mass is 9.84. The number of aromatic nitrogens is 4. The Labute approximate surface area is 196 Å². The zero-order valence-electron chi connectivity index (χ0n) is 17.5. The predicted octanol–water partition coefficient (Wildman–Crippen LogP) is -0.990. The van der Waals surface area contributed by atoms with E-state index in [9.17, 15) is 33.7 Å². The van der Waals surface area contributed by atoms with E-state index < -0.39 is 60.0 Å². The lowest BCUT2D eigenvalue weighted by molar-refractivity contribution is -0.0830. The first kappa shape index (κ1) is 27.8. The van der Waals surface area contributed by atoms with Crippen LogP contribution >= 0.6 is 23.5 Å². The third kappa shape index (κ3) is 5.96. The first-order chi connectivity index (χ1) is 16.0. The van der Waals surface area contributed by atoms with Gasteiger partial charge in [-0.05, 0) is 6.92 Å². The Morgan fingerprint density at radius 1 is 1.26 bits per heavy atom. The molecule has 0 aromatic carbocycles. The van der Waals surface area contributed by atoms with Crippen molar-refractivity contribution in [2.24, 2.45) is 5.92 Å². The van der Waals surface area contributed by atoms with E-state index in [0.717, 1.165) is 6.92 Å². The molecule has 3 rings (SSSR count). The molecular weight excluding hydrogens is 539 g/mol. The highest BCUT2D eigenvalue weighted by Gasteiger charge is 2.58. The Bertz CT molecular complexity index is 1290. The SMILES string of the molecule is C#CC1(O)C(CO)[C@@H]([C@H](C)OP(=O)(O)OP(=O)(O)OP(=O)(O)O)O[C@H]1n1cnc2cnc(N)nc21. The minimum Gasteiger partial charge on any atom is -0.396 e. The second kappa shape index (κ2) is 9.58. The number of nitrogens with zero attached hydrogens (tertiary/aromatic N) is 4. The third-order valence-electron chi connectivity index (χ3n) is 4.82. The van der Waals surface area contributed by atoms with Crippen molar-refractivity contribution in [1.82, 2.24) is 19.5 Å². The number of hydrogen-bond donors (Lipinski definition) is 7. The molecule has 1 aliphatic rings. The smallest absolute Gasteiger partial charge is 0.396 e. The van der Waals surface area contributed by atoms with Crippen LogP contribution in [0.15, 0.2) is 12.5 Å².